The van der Waals surface area contributed by atoms with Crippen molar-refractivity contribution in [1.82, 2.24) is 14.5 Å². The van der Waals surface area contributed by atoms with E-state index >= 15 is 0 Å². The molecule has 2 rings (SSSR count). The van der Waals surface area contributed by atoms with Crippen LogP contribution in [0.4, 0.5) is 0 Å². The van der Waals surface area contributed by atoms with E-state index in [0.717, 1.165) is 12.2 Å². The number of nitrogens with zero attached hydrogens (tertiary/aromatic N) is 3. The molecule has 2 heterocycles. The molecule has 3 nitrogen and oxygen atoms in total. The summed E-state index contributed by atoms with van der Waals surface area (Å²) in [6.45, 7) is 5.16. The fraction of sp³-hybridized carbons (Fsp3) is 0.400. The van der Waals surface area contributed by atoms with Gasteiger partial charge in [0.25, 0.3) is 0 Å². The maximum absolute atomic E-state index is 4.55. The Morgan fingerprint density at radius 1 is 1.50 bits per heavy atom. The molecule has 0 atom stereocenters. The van der Waals surface area contributed by atoms with Crippen LogP contribution < -0.4 is 0 Å². The molecule has 0 fully saturated rings. The molecule has 0 amide bonds. The molecular weight excluding hydrogens is 194 g/mol. The van der Waals surface area contributed by atoms with Crippen molar-refractivity contribution in [3.05, 3.63) is 34.8 Å². The molecule has 0 bridgehead atoms. The van der Waals surface area contributed by atoms with E-state index in [9.17, 15) is 0 Å². The minimum absolute atomic E-state index is 0.525. The Bertz CT molecular complexity index is 389. The minimum atomic E-state index is 0.525. The maximum atomic E-state index is 4.55. The highest BCUT2D eigenvalue weighted by Crippen LogP contribution is 2.19. The van der Waals surface area contributed by atoms with Gasteiger partial charge in [0, 0.05) is 23.7 Å². The topological polar surface area (TPSA) is 30.7 Å². The van der Waals surface area contributed by atoms with Gasteiger partial charge in [0.1, 0.15) is 0 Å². The van der Waals surface area contributed by atoms with Gasteiger partial charge in [0.15, 0.2) is 0 Å². The summed E-state index contributed by atoms with van der Waals surface area (Å²) < 4.78 is 2.03. The first-order valence-corrected chi connectivity index (χ1v) is 5.53. The Kier molecular flexibility index (Phi) is 2.63. The van der Waals surface area contributed by atoms with Crippen LogP contribution in [-0.2, 0) is 6.54 Å². The number of thiazole rings is 1. The number of imidazole rings is 1. The second kappa shape index (κ2) is 3.92. The molecule has 0 unspecified atom stereocenters. The van der Waals surface area contributed by atoms with Crippen molar-refractivity contribution in [2.75, 3.05) is 0 Å². The first-order chi connectivity index (χ1) is 6.75. The van der Waals surface area contributed by atoms with E-state index < -0.39 is 0 Å². The summed E-state index contributed by atoms with van der Waals surface area (Å²) in [4.78, 5) is 8.55. The predicted molar refractivity (Wildman–Crippen MR) is 57.5 cm³/mol. The molecule has 0 aromatic carbocycles. The van der Waals surface area contributed by atoms with Crippen molar-refractivity contribution >= 4 is 11.3 Å². The van der Waals surface area contributed by atoms with Crippen LogP contribution >= 0.6 is 11.3 Å². The molecule has 0 aliphatic heterocycles. The van der Waals surface area contributed by atoms with Crippen molar-refractivity contribution in [2.45, 2.75) is 26.3 Å². The van der Waals surface area contributed by atoms with Crippen LogP contribution in [0.1, 0.15) is 30.5 Å². The molecule has 2 aromatic rings. The summed E-state index contributed by atoms with van der Waals surface area (Å²) in [7, 11) is 0. The van der Waals surface area contributed by atoms with Gasteiger partial charge < -0.3 is 4.57 Å². The molecule has 2 aromatic heterocycles. The lowest BCUT2D eigenvalue weighted by molar-refractivity contribution is 0.762. The lowest BCUT2D eigenvalue weighted by atomic mass is 10.2. The standard InChI is InChI=1S/C10H13N3S/c1-8(2)10-12-9(6-14-10)5-13-4-3-11-7-13/h3-4,6-8H,5H2,1-2H3. The van der Waals surface area contributed by atoms with Crippen LogP contribution in [0.2, 0.25) is 0 Å². The molecule has 0 saturated carbocycles. The Balaban J connectivity index is 2.11. The van der Waals surface area contributed by atoms with Crippen molar-refractivity contribution in [3.8, 4) is 0 Å². The third-order valence-corrected chi connectivity index (χ3v) is 3.16. The minimum Gasteiger partial charge on any atom is -0.331 e. The number of rotatable bonds is 3. The van der Waals surface area contributed by atoms with E-state index in [0.29, 0.717) is 5.92 Å². The van der Waals surface area contributed by atoms with Crippen LogP contribution in [0.3, 0.4) is 0 Å². The highest BCUT2D eigenvalue weighted by Gasteiger charge is 2.05. The fourth-order valence-electron chi connectivity index (χ4n) is 1.23. The van der Waals surface area contributed by atoms with Gasteiger partial charge in [-0.2, -0.15) is 0 Å². The molecule has 0 aliphatic carbocycles. The fourth-order valence-corrected chi connectivity index (χ4v) is 2.05. The molecule has 0 spiro atoms. The summed E-state index contributed by atoms with van der Waals surface area (Å²) in [6.07, 6.45) is 5.55. The lowest BCUT2D eigenvalue weighted by Crippen LogP contribution is -1.97. The van der Waals surface area contributed by atoms with Crippen molar-refractivity contribution in [2.24, 2.45) is 0 Å². The molecule has 4 heteroatoms. The van der Waals surface area contributed by atoms with Gasteiger partial charge in [-0.3, -0.25) is 0 Å². The molecule has 0 radical (unpaired) electrons. The Morgan fingerprint density at radius 3 is 2.93 bits per heavy atom. The average Bonchev–Trinajstić information content (AvgIpc) is 2.75. The Morgan fingerprint density at radius 2 is 2.36 bits per heavy atom. The van der Waals surface area contributed by atoms with Crippen molar-refractivity contribution < 1.29 is 0 Å². The third-order valence-electron chi connectivity index (χ3n) is 1.97. The van der Waals surface area contributed by atoms with E-state index in [4.69, 9.17) is 0 Å². The predicted octanol–water partition coefficient (Wildman–Crippen LogP) is 2.51. The second-order valence-corrected chi connectivity index (χ2v) is 4.46. The Labute approximate surface area is 87.4 Å². The maximum Gasteiger partial charge on any atom is 0.0954 e. The SMILES string of the molecule is CC(C)c1nc(Cn2ccnc2)cs1. The van der Waals surface area contributed by atoms with Gasteiger partial charge in [-0.25, -0.2) is 9.97 Å². The molecule has 14 heavy (non-hydrogen) atoms. The van der Waals surface area contributed by atoms with Gasteiger partial charge >= 0.3 is 0 Å². The summed E-state index contributed by atoms with van der Waals surface area (Å²) in [6, 6.07) is 0. The monoisotopic (exact) mass is 207 g/mol. The molecular formula is C10H13N3S. The quantitative estimate of drug-likeness (QED) is 0.774. The van der Waals surface area contributed by atoms with Gasteiger partial charge in [0.05, 0.1) is 23.6 Å². The van der Waals surface area contributed by atoms with Gasteiger partial charge in [-0.05, 0) is 0 Å². The van der Waals surface area contributed by atoms with Gasteiger partial charge in [0.2, 0.25) is 0 Å². The Hall–Kier alpha value is -1.16. The summed E-state index contributed by atoms with van der Waals surface area (Å²) in [5, 5.41) is 3.33. The average molecular weight is 207 g/mol. The number of hydrogen-bond donors (Lipinski definition) is 0. The van der Waals surface area contributed by atoms with E-state index in [1.54, 1.807) is 17.5 Å². The smallest absolute Gasteiger partial charge is 0.0954 e. The zero-order valence-electron chi connectivity index (χ0n) is 8.34. The van der Waals surface area contributed by atoms with Crippen LogP contribution in [0.25, 0.3) is 0 Å². The molecule has 0 N–H and O–H groups in total. The first-order valence-electron chi connectivity index (χ1n) is 4.66. The normalized spacial score (nSPS) is 11.1. The summed E-state index contributed by atoms with van der Waals surface area (Å²) >= 11 is 1.73. The summed E-state index contributed by atoms with van der Waals surface area (Å²) in [5.74, 6) is 0.525. The van der Waals surface area contributed by atoms with E-state index in [2.05, 4.69) is 29.2 Å². The van der Waals surface area contributed by atoms with E-state index in [-0.39, 0.29) is 0 Å². The molecule has 74 valence electrons. The van der Waals surface area contributed by atoms with Gasteiger partial charge in [-0.15, -0.1) is 11.3 Å². The highest BCUT2D eigenvalue weighted by molar-refractivity contribution is 7.09. The molecule has 0 aliphatic rings. The van der Waals surface area contributed by atoms with Crippen LogP contribution in [-0.4, -0.2) is 14.5 Å². The van der Waals surface area contributed by atoms with E-state index in [1.165, 1.54) is 5.01 Å². The molecule has 0 saturated heterocycles. The van der Waals surface area contributed by atoms with Crippen molar-refractivity contribution in [1.29, 1.82) is 0 Å². The summed E-state index contributed by atoms with van der Waals surface area (Å²) in [5.41, 5.74) is 1.12. The van der Waals surface area contributed by atoms with Crippen LogP contribution in [0.5, 0.6) is 0 Å². The number of aromatic nitrogens is 3. The lowest BCUT2D eigenvalue weighted by Gasteiger charge is -1.98. The number of hydrogen-bond acceptors (Lipinski definition) is 3. The van der Waals surface area contributed by atoms with E-state index in [1.807, 2.05) is 17.1 Å². The third kappa shape index (κ3) is 2.01. The first kappa shape index (κ1) is 9.40. The van der Waals surface area contributed by atoms with Crippen LogP contribution in [0.15, 0.2) is 24.1 Å². The largest absolute Gasteiger partial charge is 0.331 e. The zero-order valence-corrected chi connectivity index (χ0v) is 9.16. The van der Waals surface area contributed by atoms with Crippen LogP contribution in [0, 0.1) is 0 Å². The van der Waals surface area contributed by atoms with Crippen molar-refractivity contribution in [3.63, 3.8) is 0 Å². The van der Waals surface area contributed by atoms with Gasteiger partial charge in [-0.1, -0.05) is 13.8 Å². The zero-order chi connectivity index (χ0) is 9.97. The highest BCUT2D eigenvalue weighted by atomic mass is 32.1. The second-order valence-electron chi connectivity index (χ2n) is 3.57.